The number of aryl methyl sites for hydroxylation is 4. The number of pyridine rings is 1. The number of hydrogen-bond donors (Lipinski definition) is 0. The Bertz CT molecular complexity index is 858. The van der Waals surface area contributed by atoms with Gasteiger partial charge in [0.2, 0.25) is 0 Å². The van der Waals surface area contributed by atoms with Crippen LogP contribution in [0, 0.1) is 27.7 Å². The summed E-state index contributed by atoms with van der Waals surface area (Å²) in [6.07, 6.45) is 2.07. The van der Waals surface area contributed by atoms with Crippen molar-refractivity contribution in [3.05, 3.63) is 77.1 Å². The zero-order chi connectivity index (χ0) is 18.4. The van der Waals surface area contributed by atoms with Crippen molar-refractivity contribution < 1.29 is 0 Å². The van der Waals surface area contributed by atoms with E-state index >= 15 is 0 Å². The van der Waals surface area contributed by atoms with Crippen molar-refractivity contribution in [1.82, 2.24) is 4.98 Å². The third-order valence-corrected chi connectivity index (χ3v) is 5.38. The predicted octanol–water partition coefficient (Wildman–Crippen LogP) is 5.95. The van der Waals surface area contributed by atoms with Crippen LogP contribution in [-0.2, 0) is 0 Å². The molecule has 1 atom stereocenters. The van der Waals surface area contributed by atoms with Gasteiger partial charge in [0.05, 0.1) is 22.8 Å². The van der Waals surface area contributed by atoms with Gasteiger partial charge in [0.15, 0.2) is 0 Å². The van der Waals surface area contributed by atoms with Crippen molar-refractivity contribution in [3.63, 3.8) is 0 Å². The fourth-order valence-electron chi connectivity index (χ4n) is 4.24. The number of aromatic nitrogens is 1. The van der Waals surface area contributed by atoms with Gasteiger partial charge in [0, 0.05) is 11.9 Å². The largest absolute Gasteiger partial charge is 0.318 e. The Labute approximate surface area is 155 Å². The molecule has 0 fully saturated rings. The molecule has 0 amide bonds. The van der Waals surface area contributed by atoms with Gasteiger partial charge >= 0.3 is 0 Å². The highest BCUT2D eigenvalue weighted by molar-refractivity contribution is 5.90. The smallest absolute Gasteiger partial charge is 0.108 e. The SMILES string of the molecule is Cc1cccc(C)c1N1c2ccccc2N(c2c(C)ccnc2C)[C@@H]1C. The Hall–Kier alpha value is -2.81. The molecule has 0 radical (unpaired) electrons. The quantitative estimate of drug-likeness (QED) is 0.573. The Morgan fingerprint density at radius 3 is 1.81 bits per heavy atom. The minimum absolute atomic E-state index is 0.175. The highest BCUT2D eigenvalue weighted by atomic mass is 15.4. The molecule has 0 aliphatic carbocycles. The van der Waals surface area contributed by atoms with Crippen LogP contribution in [0.3, 0.4) is 0 Å². The summed E-state index contributed by atoms with van der Waals surface area (Å²) >= 11 is 0. The monoisotopic (exact) mass is 343 g/mol. The minimum atomic E-state index is 0.175. The van der Waals surface area contributed by atoms with Crippen LogP contribution in [0.5, 0.6) is 0 Å². The normalized spacial score (nSPS) is 16.1. The van der Waals surface area contributed by atoms with Gasteiger partial charge in [-0.2, -0.15) is 0 Å². The number of rotatable bonds is 2. The topological polar surface area (TPSA) is 19.4 Å². The summed E-state index contributed by atoms with van der Waals surface area (Å²) in [5.41, 5.74) is 9.91. The van der Waals surface area contributed by atoms with E-state index in [9.17, 15) is 0 Å². The van der Waals surface area contributed by atoms with Gasteiger partial charge in [-0.25, -0.2) is 0 Å². The summed E-state index contributed by atoms with van der Waals surface area (Å²) < 4.78 is 0. The summed E-state index contributed by atoms with van der Waals surface area (Å²) in [5.74, 6) is 0. The van der Waals surface area contributed by atoms with Gasteiger partial charge in [0.1, 0.15) is 6.17 Å². The van der Waals surface area contributed by atoms with E-state index in [1.807, 2.05) is 6.20 Å². The van der Waals surface area contributed by atoms with Gasteiger partial charge in [-0.05, 0) is 69.5 Å². The molecule has 1 aliphatic heterocycles. The molecule has 0 bridgehead atoms. The number of benzene rings is 2. The Morgan fingerprint density at radius 2 is 1.23 bits per heavy atom. The van der Waals surface area contributed by atoms with Crippen LogP contribution in [0.4, 0.5) is 22.7 Å². The highest BCUT2D eigenvalue weighted by Crippen LogP contribution is 2.49. The molecule has 0 spiro atoms. The van der Waals surface area contributed by atoms with Crippen molar-refractivity contribution in [2.24, 2.45) is 0 Å². The number of anilines is 4. The van der Waals surface area contributed by atoms with Crippen LogP contribution in [0.25, 0.3) is 0 Å². The summed E-state index contributed by atoms with van der Waals surface area (Å²) in [7, 11) is 0. The van der Waals surface area contributed by atoms with Crippen molar-refractivity contribution in [1.29, 1.82) is 0 Å². The van der Waals surface area contributed by atoms with Crippen molar-refractivity contribution >= 4 is 22.7 Å². The standard InChI is InChI=1S/C23H25N3/c1-15-9-8-10-16(2)22(15)25-19(5)26(21-12-7-6-11-20(21)25)23-17(3)13-14-24-18(23)4/h6-14,19H,1-5H3/t19-/m1/s1. The van der Waals surface area contributed by atoms with Crippen molar-refractivity contribution in [2.75, 3.05) is 9.80 Å². The molecule has 0 N–H and O–H groups in total. The lowest BCUT2D eigenvalue weighted by atomic mass is 10.1. The fraction of sp³-hybridized carbons (Fsp3) is 0.261. The van der Waals surface area contributed by atoms with E-state index in [-0.39, 0.29) is 6.17 Å². The molecule has 2 heterocycles. The third-order valence-electron chi connectivity index (χ3n) is 5.38. The third kappa shape index (κ3) is 2.38. The first-order chi connectivity index (χ1) is 12.5. The molecular formula is C23H25N3. The van der Waals surface area contributed by atoms with E-state index in [1.54, 1.807) is 0 Å². The second-order valence-electron chi connectivity index (χ2n) is 7.16. The molecule has 3 aromatic rings. The Kier molecular flexibility index (Phi) is 3.95. The number of hydrogen-bond acceptors (Lipinski definition) is 3. The van der Waals surface area contributed by atoms with Crippen LogP contribution >= 0.6 is 0 Å². The van der Waals surface area contributed by atoms with E-state index in [0.717, 1.165) is 5.69 Å². The number of para-hydroxylation sites is 3. The zero-order valence-corrected chi connectivity index (χ0v) is 16.1. The molecule has 4 rings (SSSR count). The second-order valence-corrected chi connectivity index (χ2v) is 7.16. The van der Waals surface area contributed by atoms with Crippen LogP contribution in [0.2, 0.25) is 0 Å². The van der Waals surface area contributed by atoms with Crippen LogP contribution in [0.15, 0.2) is 54.7 Å². The van der Waals surface area contributed by atoms with E-state index in [1.165, 1.54) is 39.4 Å². The first-order valence-electron chi connectivity index (χ1n) is 9.16. The average molecular weight is 343 g/mol. The number of nitrogens with zero attached hydrogens (tertiary/aromatic N) is 3. The van der Waals surface area contributed by atoms with Crippen molar-refractivity contribution in [2.45, 2.75) is 40.8 Å². The minimum Gasteiger partial charge on any atom is -0.318 e. The summed E-state index contributed by atoms with van der Waals surface area (Å²) in [6, 6.07) is 17.3. The molecule has 0 unspecified atom stereocenters. The fourth-order valence-corrected chi connectivity index (χ4v) is 4.24. The van der Waals surface area contributed by atoms with Crippen LogP contribution in [-0.4, -0.2) is 11.1 Å². The highest BCUT2D eigenvalue weighted by Gasteiger charge is 2.37. The maximum atomic E-state index is 4.56. The molecule has 2 aromatic carbocycles. The molecule has 3 nitrogen and oxygen atoms in total. The Morgan fingerprint density at radius 1 is 0.692 bits per heavy atom. The maximum absolute atomic E-state index is 4.56. The first kappa shape index (κ1) is 16.6. The second kappa shape index (κ2) is 6.17. The molecule has 3 heteroatoms. The number of fused-ring (bicyclic) bond motifs is 1. The molecule has 26 heavy (non-hydrogen) atoms. The zero-order valence-electron chi connectivity index (χ0n) is 16.1. The average Bonchev–Trinajstić information content (AvgIpc) is 2.88. The maximum Gasteiger partial charge on any atom is 0.108 e. The van der Waals surface area contributed by atoms with Gasteiger partial charge in [-0.3, -0.25) is 4.98 Å². The first-order valence-corrected chi connectivity index (χ1v) is 9.16. The van der Waals surface area contributed by atoms with E-state index in [0.29, 0.717) is 0 Å². The van der Waals surface area contributed by atoms with Gasteiger partial charge < -0.3 is 9.80 Å². The van der Waals surface area contributed by atoms with E-state index < -0.39 is 0 Å². The summed E-state index contributed by atoms with van der Waals surface area (Å²) in [6.45, 7) is 10.9. The van der Waals surface area contributed by atoms with Gasteiger partial charge in [-0.15, -0.1) is 0 Å². The molecule has 132 valence electrons. The van der Waals surface area contributed by atoms with E-state index in [2.05, 4.69) is 97.9 Å². The summed E-state index contributed by atoms with van der Waals surface area (Å²) in [4.78, 5) is 9.46. The van der Waals surface area contributed by atoms with Crippen LogP contribution in [0.1, 0.15) is 29.3 Å². The van der Waals surface area contributed by atoms with Crippen LogP contribution < -0.4 is 9.80 Å². The summed E-state index contributed by atoms with van der Waals surface area (Å²) in [5, 5.41) is 0. The molecule has 0 saturated carbocycles. The lowest BCUT2D eigenvalue weighted by molar-refractivity contribution is 0.751. The van der Waals surface area contributed by atoms with Gasteiger partial charge in [0.25, 0.3) is 0 Å². The predicted molar refractivity (Wildman–Crippen MR) is 110 cm³/mol. The molecule has 1 aliphatic rings. The lowest BCUT2D eigenvalue weighted by Crippen LogP contribution is -2.36. The van der Waals surface area contributed by atoms with Crippen molar-refractivity contribution in [3.8, 4) is 0 Å². The van der Waals surface area contributed by atoms with E-state index in [4.69, 9.17) is 0 Å². The Balaban J connectivity index is 1.96. The molecule has 0 saturated heterocycles. The lowest BCUT2D eigenvalue weighted by Gasteiger charge is -2.33. The molecule has 1 aromatic heterocycles. The van der Waals surface area contributed by atoms with Gasteiger partial charge in [-0.1, -0.05) is 30.3 Å². The molecular weight excluding hydrogens is 318 g/mol.